The molecular weight excluding hydrogens is 404 g/mol. The Labute approximate surface area is 180 Å². The molecule has 0 atom stereocenters. The number of methoxy groups -OCH3 is 1. The molecule has 1 heterocycles. The first-order chi connectivity index (χ1) is 14.5. The molecule has 4 rings (SSSR count). The van der Waals surface area contributed by atoms with Crippen molar-refractivity contribution in [2.45, 2.75) is 19.3 Å². The molecular formula is C22H23ClN4O3. The summed E-state index contributed by atoms with van der Waals surface area (Å²) in [5.74, 6) is 1.67. The highest BCUT2D eigenvalue weighted by atomic mass is 35.5. The largest absolute Gasteiger partial charge is 0.493 e. The number of ether oxygens (including phenoxy) is 2. The molecule has 1 amide bonds. The molecule has 7 nitrogen and oxygen atoms in total. The lowest BCUT2D eigenvalue weighted by Crippen LogP contribution is -2.27. The Kier molecular flexibility index (Phi) is 5.90. The third-order valence-corrected chi connectivity index (χ3v) is 5.38. The predicted octanol–water partition coefficient (Wildman–Crippen LogP) is 4.36. The number of nitrogens with one attached hydrogen (secondary N) is 2. The minimum atomic E-state index is -0.342. The van der Waals surface area contributed by atoms with E-state index in [1.165, 1.54) is 17.7 Å². The van der Waals surface area contributed by atoms with Crippen molar-refractivity contribution >= 4 is 40.3 Å². The summed E-state index contributed by atoms with van der Waals surface area (Å²) in [6.07, 6.45) is 3.63. The smallest absolute Gasteiger partial charge is 0.281 e. The maximum atomic E-state index is 12.9. The van der Waals surface area contributed by atoms with E-state index >= 15 is 0 Å². The van der Waals surface area contributed by atoms with E-state index in [9.17, 15) is 4.79 Å². The lowest BCUT2D eigenvalue weighted by atomic mass is 10.2. The lowest BCUT2D eigenvalue weighted by Gasteiger charge is -2.17. The molecule has 0 spiro atoms. The van der Waals surface area contributed by atoms with Crippen LogP contribution in [0.15, 0.2) is 47.6 Å². The van der Waals surface area contributed by atoms with Crippen LogP contribution in [0.25, 0.3) is 0 Å². The standard InChI is InChI=1S/C22H23ClN4O3/c1-29-20-12-17(8-9-19(20)30-11-10-14-2-3-14)27-13-18(24)21(22(27)28)26-25-16-6-4-15(23)5-7-16/h4-9,12,14,24-25H,2-3,10-11,13H2,1H3/b24-18?,26-21+. The SMILES string of the molecule is COc1cc(N2CC(=N)/C(=N\Nc3ccc(Cl)cc3)C2=O)ccc1OCCC1CC1. The molecule has 2 fully saturated rings. The lowest BCUT2D eigenvalue weighted by molar-refractivity contribution is -0.111. The highest BCUT2D eigenvalue weighted by Gasteiger charge is 2.34. The summed E-state index contributed by atoms with van der Waals surface area (Å²) >= 11 is 5.87. The van der Waals surface area contributed by atoms with Crippen molar-refractivity contribution < 1.29 is 14.3 Å². The van der Waals surface area contributed by atoms with Crippen LogP contribution in [0.1, 0.15) is 19.3 Å². The van der Waals surface area contributed by atoms with Gasteiger partial charge in [-0.1, -0.05) is 24.4 Å². The fourth-order valence-electron chi connectivity index (χ4n) is 3.22. The fraction of sp³-hybridized carbons (Fsp3) is 0.318. The number of carbonyl (C=O) groups is 1. The van der Waals surface area contributed by atoms with Gasteiger partial charge < -0.3 is 19.8 Å². The molecule has 0 unspecified atom stereocenters. The van der Waals surface area contributed by atoms with E-state index in [4.69, 9.17) is 26.5 Å². The molecule has 1 aliphatic heterocycles. The number of hydrazone groups is 1. The van der Waals surface area contributed by atoms with Crippen LogP contribution in [0.5, 0.6) is 11.5 Å². The zero-order valence-electron chi connectivity index (χ0n) is 16.7. The molecule has 2 N–H and O–H groups in total. The maximum absolute atomic E-state index is 12.9. The number of benzene rings is 2. The van der Waals surface area contributed by atoms with E-state index in [0.717, 1.165) is 12.3 Å². The average molecular weight is 427 g/mol. The average Bonchev–Trinajstić information content (AvgIpc) is 3.53. The minimum absolute atomic E-state index is 0.0775. The molecule has 30 heavy (non-hydrogen) atoms. The van der Waals surface area contributed by atoms with Crippen molar-refractivity contribution in [1.82, 2.24) is 0 Å². The van der Waals surface area contributed by atoms with E-state index < -0.39 is 0 Å². The number of halogens is 1. The topological polar surface area (TPSA) is 87.0 Å². The van der Waals surface area contributed by atoms with Crippen molar-refractivity contribution in [3.8, 4) is 11.5 Å². The molecule has 0 bridgehead atoms. The second kappa shape index (κ2) is 8.75. The summed E-state index contributed by atoms with van der Waals surface area (Å²) in [5, 5.41) is 12.9. The van der Waals surface area contributed by atoms with Gasteiger partial charge >= 0.3 is 0 Å². The third kappa shape index (κ3) is 4.57. The normalized spacial score (nSPS) is 17.5. The molecule has 2 aromatic carbocycles. The molecule has 1 aliphatic carbocycles. The molecule has 8 heteroatoms. The quantitative estimate of drug-likeness (QED) is 0.614. The highest BCUT2D eigenvalue weighted by Crippen LogP contribution is 2.35. The van der Waals surface area contributed by atoms with Gasteiger partial charge in [0.1, 0.15) is 0 Å². The van der Waals surface area contributed by atoms with Crippen LogP contribution in [0, 0.1) is 11.3 Å². The Balaban J connectivity index is 1.46. The molecule has 2 aliphatic rings. The number of hydrogen-bond donors (Lipinski definition) is 2. The highest BCUT2D eigenvalue weighted by molar-refractivity contribution is 6.73. The number of carbonyl (C=O) groups excluding carboxylic acids is 1. The Bertz CT molecular complexity index is 986. The third-order valence-electron chi connectivity index (χ3n) is 5.13. The van der Waals surface area contributed by atoms with Crippen LogP contribution in [0.3, 0.4) is 0 Å². The zero-order chi connectivity index (χ0) is 21.1. The summed E-state index contributed by atoms with van der Waals surface area (Å²) in [5.41, 5.74) is 4.35. The molecule has 0 radical (unpaired) electrons. The monoisotopic (exact) mass is 426 g/mol. The van der Waals surface area contributed by atoms with Crippen LogP contribution < -0.4 is 19.8 Å². The fourth-order valence-corrected chi connectivity index (χ4v) is 3.34. The maximum Gasteiger partial charge on any atom is 0.281 e. The zero-order valence-corrected chi connectivity index (χ0v) is 17.4. The molecule has 0 aromatic heterocycles. The summed E-state index contributed by atoms with van der Waals surface area (Å²) in [7, 11) is 1.57. The van der Waals surface area contributed by atoms with Crippen LogP contribution in [0.4, 0.5) is 11.4 Å². The van der Waals surface area contributed by atoms with Gasteiger partial charge in [-0.2, -0.15) is 5.10 Å². The van der Waals surface area contributed by atoms with Gasteiger partial charge in [-0.05, 0) is 48.7 Å². The second-order valence-corrected chi connectivity index (χ2v) is 7.80. The predicted molar refractivity (Wildman–Crippen MR) is 118 cm³/mol. The van der Waals surface area contributed by atoms with Gasteiger partial charge in [0.05, 0.1) is 31.7 Å². The summed E-state index contributed by atoms with van der Waals surface area (Å²) in [6.45, 7) is 0.797. The number of amides is 1. The summed E-state index contributed by atoms with van der Waals surface area (Å²) in [6, 6.07) is 12.3. The van der Waals surface area contributed by atoms with Gasteiger partial charge in [0.15, 0.2) is 17.2 Å². The van der Waals surface area contributed by atoms with E-state index in [1.807, 2.05) is 0 Å². The van der Waals surface area contributed by atoms with Crippen LogP contribution >= 0.6 is 11.6 Å². The first-order valence-electron chi connectivity index (χ1n) is 9.85. The Hall–Kier alpha value is -3.06. The molecule has 1 saturated carbocycles. The van der Waals surface area contributed by atoms with Gasteiger partial charge in [-0.15, -0.1) is 0 Å². The van der Waals surface area contributed by atoms with Crippen molar-refractivity contribution in [2.75, 3.05) is 30.6 Å². The van der Waals surface area contributed by atoms with E-state index in [0.29, 0.717) is 34.5 Å². The number of rotatable bonds is 8. The van der Waals surface area contributed by atoms with Crippen LogP contribution in [-0.2, 0) is 4.79 Å². The van der Waals surface area contributed by atoms with Crippen LogP contribution in [-0.4, -0.2) is 37.6 Å². The summed E-state index contributed by atoms with van der Waals surface area (Å²) in [4.78, 5) is 14.4. The summed E-state index contributed by atoms with van der Waals surface area (Å²) < 4.78 is 11.3. The minimum Gasteiger partial charge on any atom is -0.493 e. The van der Waals surface area contributed by atoms with Crippen molar-refractivity contribution in [1.29, 1.82) is 5.41 Å². The molecule has 2 aromatic rings. The Morgan fingerprint density at radius 2 is 1.97 bits per heavy atom. The Morgan fingerprint density at radius 1 is 1.20 bits per heavy atom. The Morgan fingerprint density at radius 3 is 2.67 bits per heavy atom. The van der Waals surface area contributed by atoms with Gasteiger partial charge in [0, 0.05) is 16.8 Å². The number of hydrogen-bond acceptors (Lipinski definition) is 6. The van der Waals surface area contributed by atoms with Gasteiger partial charge in [0.2, 0.25) is 0 Å². The second-order valence-electron chi connectivity index (χ2n) is 7.36. The van der Waals surface area contributed by atoms with Crippen molar-refractivity contribution in [3.63, 3.8) is 0 Å². The number of nitrogens with zero attached hydrogens (tertiary/aromatic N) is 2. The first kappa shape index (κ1) is 20.2. The van der Waals surface area contributed by atoms with Crippen LogP contribution in [0.2, 0.25) is 5.02 Å². The molecule has 156 valence electrons. The van der Waals surface area contributed by atoms with E-state index in [-0.39, 0.29) is 23.9 Å². The molecule has 1 saturated heterocycles. The first-order valence-corrected chi connectivity index (χ1v) is 10.2. The van der Waals surface area contributed by atoms with Gasteiger partial charge in [0.25, 0.3) is 5.91 Å². The number of anilines is 2. The van der Waals surface area contributed by atoms with Crippen molar-refractivity contribution in [2.24, 2.45) is 11.0 Å². The van der Waals surface area contributed by atoms with Gasteiger partial charge in [-0.3, -0.25) is 10.2 Å². The van der Waals surface area contributed by atoms with Crippen molar-refractivity contribution in [3.05, 3.63) is 47.5 Å². The van der Waals surface area contributed by atoms with E-state index in [2.05, 4.69) is 10.5 Å². The van der Waals surface area contributed by atoms with E-state index in [1.54, 1.807) is 49.6 Å². The van der Waals surface area contributed by atoms with Gasteiger partial charge in [-0.25, -0.2) is 0 Å².